The first-order valence-corrected chi connectivity index (χ1v) is 30.3. The van der Waals surface area contributed by atoms with Crippen LogP contribution in [0.5, 0.6) is 0 Å². The summed E-state index contributed by atoms with van der Waals surface area (Å²) in [6.07, 6.45) is 1.43. The fourth-order valence-electron chi connectivity index (χ4n) is 12.5. The number of hydrogen-bond acceptors (Lipinski definition) is 17. The maximum absolute atomic E-state index is 14.9. The van der Waals surface area contributed by atoms with Gasteiger partial charge in [-0.15, -0.1) is 0 Å². The molecule has 13 atom stereocenters. The first-order chi connectivity index (χ1) is 42.4. The summed E-state index contributed by atoms with van der Waals surface area (Å²) in [5.41, 5.74) is 39.2. The number of aliphatic hydroxyl groups is 3. The molecule has 33 heteroatoms. The Morgan fingerprint density at radius 1 is 0.573 bits per heavy atom. The predicted molar refractivity (Wildman–Crippen MR) is 321 cm³/mol. The third kappa shape index (κ3) is 19.0. The normalized spacial score (nSPS) is 23.7. The Morgan fingerprint density at radius 3 is 1.76 bits per heavy atom. The van der Waals surface area contributed by atoms with Crippen LogP contribution in [0.25, 0.3) is 0 Å². The molecule has 33 nitrogen and oxygen atoms in total. The van der Waals surface area contributed by atoms with Crippen molar-refractivity contribution < 1.29 is 68.4 Å². The van der Waals surface area contributed by atoms with Crippen molar-refractivity contribution in [3.63, 3.8) is 0 Å². The minimum absolute atomic E-state index is 0.0286. The average molecular weight is 1250 g/mol. The molecule has 0 aromatic heterocycles. The molecule has 492 valence electrons. The molecule has 1 aromatic carbocycles. The SMILES string of the molecule is NC(N)=NCCC[C@@H](N)C(=O)N[C@@H](CCCN=C(N)N)C(=O)N1CCC[C@H]1C(=O)N1CC[C@H](O)[C@H]1C(=O)NCC(=O)N[C@@H](Cc1ccccc1)C(=O)N[C@@H](CO)C(=O)N1CC[C@H](O)[C@@H]1C(=O)N1[C@H](C(=O)N[C@@H](CCCN=C(N)N)C(=O)O)C[C@@H]2CCCC[C@@H]21. The van der Waals surface area contributed by atoms with Gasteiger partial charge in [0.1, 0.15) is 48.3 Å². The van der Waals surface area contributed by atoms with E-state index in [2.05, 4.69) is 41.6 Å². The number of aliphatic imine (C=N–C) groups is 3. The quantitative estimate of drug-likeness (QED) is 0.0193. The summed E-state index contributed by atoms with van der Waals surface area (Å²) in [4.78, 5) is 156. The van der Waals surface area contributed by atoms with Gasteiger partial charge in [-0.25, -0.2) is 4.79 Å². The molecule has 1 saturated carbocycles. The average Bonchev–Trinajstić information content (AvgIpc) is 1.78. The number of hydrogen-bond donors (Lipinski definition) is 16. The minimum atomic E-state index is -1.73. The van der Waals surface area contributed by atoms with E-state index in [0.29, 0.717) is 31.2 Å². The number of likely N-dealkylation sites (tertiary alicyclic amines) is 4. The van der Waals surface area contributed by atoms with Gasteiger partial charge in [-0.05, 0) is 95.0 Å². The number of carboxylic acid groups (broad SMARTS) is 1. The van der Waals surface area contributed by atoms with Gasteiger partial charge in [0.15, 0.2) is 17.9 Å². The smallest absolute Gasteiger partial charge is 0.326 e. The zero-order valence-corrected chi connectivity index (χ0v) is 49.9. The lowest BCUT2D eigenvalue weighted by molar-refractivity contribution is -0.153. The molecule has 1 aliphatic carbocycles. The number of fused-ring (bicyclic) bond motifs is 1. The highest BCUT2D eigenvalue weighted by atomic mass is 16.4. The highest BCUT2D eigenvalue weighted by Crippen LogP contribution is 2.41. The Hall–Kier alpha value is -8.43. The Labute approximate surface area is 514 Å². The third-order valence-electron chi connectivity index (χ3n) is 16.9. The zero-order valence-electron chi connectivity index (χ0n) is 49.9. The van der Waals surface area contributed by atoms with E-state index in [1.165, 1.54) is 9.80 Å². The van der Waals surface area contributed by atoms with E-state index in [-0.39, 0.29) is 127 Å². The summed E-state index contributed by atoms with van der Waals surface area (Å²) >= 11 is 0. The fourth-order valence-corrected chi connectivity index (χ4v) is 12.5. The highest BCUT2D eigenvalue weighted by Gasteiger charge is 2.54. The summed E-state index contributed by atoms with van der Waals surface area (Å²) in [7, 11) is 0. The van der Waals surface area contributed by atoms with Crippen molar-refractivity contribution in [3.8, 4) is 0 Å². The van der Waals surface area contributed by atoms with Crippen molar-refractivity contribution in [1.82, 2.24) is 46.2 Å². The first-order valence-electron chi connectivity index (χ1n) is 30.3. The van der Waals surface area contributed by atoms with Gasteiger partial charge in [-0.2, -0.15) is 0 Å². The second kappa shape index (κ2) is 33.2. The van der Waals surface area contributed by atoms with Gasteiger partial charge >= 0.3 is 5.97 Å². The third-order valence-corrected chi connectivity index (χ3v) is 16.9. The van der Waals surface area contributed by atoms with E-state index >= 15 is 0 Å². The maximum atomic E-state index is 14.9. The minimum Gasteiger partial charge on any atom is -0.480 e. The molecule has 6 rings (SSSR count). The van der Waals surface area contributed by atoms with Crippen LogP contribution in [0.3, 0.4) is 0 Å². The molecule has 5 aliphatic rings. The molecule has 0 unspecified atom stereocenters. The van der Waals surface area contributed by atoms with E-state index in [4.69, 9.17) is 40.1 Å². The van der Waals surface area contributed by atoms with Crippen LogP contribution >= 0.6 is 0 Å². The molecule has 0 radical (unpaired) electrons. The van der Waals surface area contributed by atoms with Crippen molar-refractivity contribution in [2.24, 2.45) is 61.0 Å². The van der Waals surface area contributed by atoms with E-state index in [1.54, 1.807) is 30.3 Å². The number of nitrogens with two attached hydrogens (primary N) is 7. The fraction of sp³-hybridized carbons (Fsp3) is 0.661. The lowest BCUT2D eigenvalue weighted by Crippen LogP contribution is -2.62. The number of aliphatic carboxylic acids is 1. The van der Waals surface area contributed by atoms with Crippen LogP contribution in [0, 0.1) is 5.92 Å². The van der Waals surface area contributed by atoms with Crippen molar-refractivity contribution >= 4 is 77.0 Å². The highest BCUT2D eigenvalue weighted by molar-refractivity contribution is 5.99. The second-order valence-electron chi connectivity index (χ2n) is 23.1. The first kappa shape index (κ1) is 69.7. The van der Waals surface area contributed by atoms with Crippen LogP contribution in [-0.4, -0.2) is 242 Å². The lowest BCUT2D eigenvalue weighted by Gasteiger charge is -2.38. The Morgan fingerprint density at radius 2 is 1.15 bits per heavy atom. The number of nitrogens with one attached hydrogen (secondary N) is 5. The molecular formula is C56H89N19O14. The van der Waals surface area contributed by atoms with Crippen molar-refractivity contribution in [2.45, 2.75) is 175 Å². The molecule has 0 bridgehead atoms. The molecule has 89 heavy (non-hydrogen) atoms. The van der Waals surface area contributed by atoms with E-state index in [9.17, 15) is 68.4 Å². The topological polar surface area (TPSA) is 544 Å². The van der Waals surface area contributed by atoms with E-state index in [1.807, 2.05) is 0 Å². The summed E-state index contributed by atoms with van der Waals surface area (Å²) in [5.74, 6) is -9.09. The van der Waals surface area contributed by atoms with Crippen LogP contribution in [-0.2, 0) is 54.4 Å². The summed E-state index contributed by atoms with van der Waals surface area (Å²) in [5, 5.41) is 56.0. The number of carbonyl (C=O) groups is 10. The van der Waals surface area contributed by atoms with Gasteiger partial charge in [-0.1, -0.05) is 43.2 Å². The molecule has 23 N–H and O–H groups in total. The van der Waals surface area contributed by atoms with E-state index < -0.39 is 145 Å². The van der Waals surface area contributed by atoms with Gasteiger partial charge in [0, 0.05) is 51.7 Å². The Bertz CT molecular complexity index is 2760. The van der Waals surface area contributed by atoms with Gasteiger partial charge in [-0.3, -0.25) is 58.1 Å². The molecule has 1 aromatic rings. The Kier molecular flexibility index (Phi) is 26.0. The van der Waals surface area contributed by atoms with E-state index in [0.717, 1.165) is 22.6 Å². The number of carboxylic acids is 1. The summed E-state index contributed by atoms with van der Waals surface area (Å²) < 4.78 is 0. The van der Waals surface area contributed by atoms with Crippen molar-refractivity contribution in [1.29, 1.82) is 0 Å². The van der Waals surface area contributed by atoms with Gasteiger partial charge in [0.2, 0.25) is 53.2 Å². The van der Waals surface area contributed by atoms with Crippen LogP contribution < -0.4 is 66.7 Å². The van der Waals surface area contributed by atoms with Crippen LogP contribution in [0.1, 0.15) is 102 Å². The monoisotopic (exact) mass is 1250 g/mol. The van der Waals surface area contributed by atoms with Gasteiger partial charge in [0.05, 0.1) is 31.4 Å². The lowest BCUT2D eigenvalue weighted by atomic mass is 9.84. The number of nitrogens with zero attached hydrogens (tertiary/aromatic N) is 7. The van der Waals surface area contributed by atoms with Crippen molar-refractivity contribution in [3.05, 3.63) is 35.9 Å². The molecule has 4 saturated heterocycles. The molecular weight excluding hydrogens is 1160 g/mol. The molecule has 4 heterocycles. The maximum Gasteiger partial charge on any atom is 0.326 e. The number of aliphatic hydroxyl groups excluding tert-OH is 3. The molecule has 9 amide bonds. The predicted octanol–water partition coefficient (Wildman–Crippen LogP) is -7.08. The molecule has 5 fully saturated rings. The summed E-state index contributed by atoms with van der Waals surface area (Å²) in [6.45, 7) is -1.50. The summed E-state index contributed by atoms with van der Waals surface area (Å²) in [6, 6.07) is -4.15. The van der Waals surface area contributed by atoms with Crippen LogP contribution in [0.2, 0.25) is 0 Å². The van der Waals surface area contributed by atoms with Crippen LogP contribution in [0.15, 0.2) is 45.3 Å². The van der Waals surface area contributed by atoms with Crippen molar-refractivity contribution in [2.75, 3.05) is 52.4 Å². The number of amides is 9. The standard InChI is InChI=1S/C56H89N19O14/c57-32(13-6-20-64-54(58)59)45(80)69-33(14-7-21-65-55(60)61)49(84)72-23-9-17-38(72)51(86)73-24-18-40(77)43(73)48(83)67-28-42(79)68-35(26-30-10-2-1-3-11-30)46(81)71-36(29-76)50(85)74-25-19-41(78)44(74)52(87)75-37-16-5-4-12-31(37)27-39(75)47(82)70-34(53(88)89)15-8-22-66-56(62)63/h1-3,10-11,31-41,43-44,76-78H,4-9,12-29,57H2,(H,67,83)(H,68,79)(H,69,80)(H,70,82)(H,71,81)(H,88,89)(H4,58,59,64)(H4,60,61,65)(H4,62,63,66)/t31-,32+,33-,34-,35-,36-,37-,38-,39-,40-,41-,43-,44+/m0/s1. The number of guanidine groups is 3. The van der Waals surface area contributed by atoms with Gasteiger partial charge < -0.3 is 107 Å². The molecule has 4 aliphatic heterocycles. The number of benzene rings is 1. The second-order valence-corrected chi connectivity index (χ2v) is 23.1. The molecule has 0 spiro atoms. The number of rotatable bonds is 30. The number of carbonyl (C=O) groups excluding carboxylic acids is 9. The van der Waals surface area contributed by atoms with Gasteiger partial charge in [0.25, 0.3) is 0 Å². The Balaban J connectivity index is 1.11. The zero-order chi connectivity index (χ0) is 65.1. The van der Waals surface area contributed by atoms with Crippen LogP contribution in [0.4, 0.5) is 0 Å². The largest absolute Gasteiger partial charge is 0.480 e.